The van der Waals surface area contributed by atoms with Crippen LogP contribution in [0.1, 0.15) is 5.56 Å². The van der Waals surface area contributed by atoms with Gasteiger partial charge in [0, 0.05) is 8.95 Å². The van der Waals surface area contributed by atoms with E-state index in [-0.39, 0.29) is 0 Å². The van der Waals surface area contributed by atoms with E-state index in [1.54, 1.807) is 11.3 Å². The van der Waals surface area contributed by atoms with Crippen LogP contribution in [-0.4, -0.2) is 4.98 Å². The summed E-state index contributed by atoms with van der Waals surface area (Å²) in [6.45, 7) is 2.08. The van der Waals surface area contributed by atoms with Gasteiger partial charge in [0.2, 0.25) is 0 Å². The highest BCUT2D eigenvalue weighted by molar-refractivity contribution is 9.10. The number of thiazole rings is 1. The van der Waals surface area contributed by atoms with Crippen molar-refractivity contribution in [2.75, 3.05) is 5.32 Å². The number of anilines is 2. The first-order chi connectivity index (χ1) is 9.11. The van der Waals surface area contributed by atoms with Crippen LogP contribution in [0.5, 0.6) is 0 Å². The highest BCUT2D eigenvalue weighted by Crippen LogP contribution is 2.32. The molecule has 2 aromatic carbocycles. The Morgan fingerprint density at radius 1 is 1.11 bits per heavy atom. The smallest absolute Gasteiger partial charge is 0.188 e. The number of nitrogens with zero attached hydrogens (tertiary/aromatic N) is 1. The van der Waals surface area contributed by atoms with Crippen molar-refractivity contribution in [1.29, 1.82) is 0 Å². The number of aromatic nitrogens is 1. The molecular formula is C14H10Br2N2S. The van der Waals surface area contributed by atoms with Gasteiger partial charge in [-0.25, -0.2) is 4.98 Å². The highest BCUT2D eigenvalue weighted by Gasteiger charge is 2.06. The third kappa shape index (κ3) is 2.83. The van der Waals surface area contributed by atoms with E-state index in [2.05, 4.69) is 67.3 Å². The Morgan fingerprint density at radius 3 is 2.79 bits per heavy atom. The van der Waals surface area contributed by atoms with Crippen LogP contribution in [0.3, 0.4) is 0 Å². The predicted octanol–water partition coefficient (Wildman–Crippen LogP) is 5.87. The Hall–Kier alpha value is -0.910. The minimum absolute atomic E-state index is 0.902. The average Bonchev–Trinajstić information content (AvgIpc) is 2.75. The van der Waals surface area contributed by atoms with Gasteiger partial charge in [-0.2, -0.15) is 0 Å². The fourth-order valence-electron chi connectivity index (χ4n) is 1.80. The van der Waals surface area contributed by atoms with E-state index >= 15 is 0 Å². The summed E-state index contributed by atoms with van der Waals surface area (Å²) in [4.78, 5) is 4.60. The molecule has 0 spiro atoms. The quantitative estimate of drug-likeness (QED) is 0.584. The van der Waals surface area contributed by atoms with Crippen LogP contribution in [0.4, 0.5) is 10.8 Å². The largest absolute Gasteiger partial charge is 0.331 e. The fourth-order valence-corrected chi connectivity index (χ4v) is 3.36. The molecule has 0 aliphatic rings. The summed E-state index contributed by atoms with van der Waals surface area (Å²) in [6.07, 6.45) is 0. The van der Waals surface area contributed by atoms with Crippen LogP contribution in [-0.2, 0) is 0 Å². The van der Waals surface area contributed by atoms with Gasteiger partial charge in [0.1, 0.15) is 0 Å². The van der Waals surface area contributed by atoms with E-state index in [4.69, 9.17) is 0 Å². The second-order valence-corrected chi connectivity index (χ2v) is 7.04. The molecule has 0 bridgehead atoms. The molecule has 0 aliphatic carbocycles. The van der Waals surface area contributed by atoms with Gasteiger partial charge in [0.25, 0.3) is 0 Å². The van der Waals surface area contributed by atoms with Crippen LogP contribution in [0.25, 0.3) is 10.2 Å². The standard InChI is InChI=1S/C14H10Br2N2S/c1-8-2-4-10(16)11(6-8)17-14-18-12-7-9(15)3-5-13(12)19-14/h2-7H,1H3,(H,17,18). The first-order valence-electron chi connectivity index (χ1n) is 5.71. The van der Waals surface area contributed by atoms with Gasteiger partial charge < -0.3 is 5.32 Å². The number of fused-ring (bicyclic) bond motifs is 1. The van der Waals surface area contributed by atoms with Gasteiger partial charge in [0.05, 0.1) is 15.9 Å². The molecule has 0 fully saturated rings. The van der Waals surface area contributed by atoms with Crippen LogP contribution in [0.2, 0.25) is 0 Å². The number of benzene rings is 2. The SMILES string of the molecule is Cc1ccc(Br)c(Nc2nc3cc(Br)ccc3s2)c1. The first-order valence-corrected chi connectivity index (χ1v) is 8.11. The normalized spacial score (nSPS) is 10.9. The third-order valence-electron chi connectivity index (χ3n) is 2.71. The van der Waals surface area contributed by atoms with E-state index in [0.29, 0.717) is 0 Å². The molecule has 1 aromatic heterocycles. The molecule has 1 N–H and O–H groups in total. The van der Waals surface area contributed by atoms with Crippen molar-refractivity contribution in [2.45, 2.75) is 6.92 Å². The van der Waals surface area contributed by atoms with Crippen molar-refractivity contribution in [3.63, 3.8) is 0 Å². The number of halogens is 2. The molecule has 1 heterocycles. The third-order valence-corrected chi connectivity index (χ3v) is 4.85. The summed E-state index contributed by atoms with van der Waals surface area (Å²) < 4.78 is 3.27. The molecule has 3 rings (SSSR count). The molecule has 5 heteroatoms. The van der Waals surface area contributed by atoms with Crippen LogP contribution in [0, 0.1) is 6.92 Å². The lowest BCUT2D eigenvalue weighted by atomic mass is 10.2. The minimum atomic E-state index is 0.902. The number of nitrogens with one attached hydrogen (secondary N) is 1. The van der Waals surface area contributed by atoms with Crippen LogP contribution >= 0.6 is 43.2 Å². The lowest BCUT2D eigenvalue weighted by molar-refractivity contribution is 1.40. The Labute approximate surface area is 132 Å². The second kappa shape index (κ2) is 5.23. The van der Waals surface area contributed by atoms with Crippen LogP contribution in [0.15, 0.2) is 45.3 Å². The summed E-state index contributed by atoms with van der Waals surface area (Å²) in [5, 5.41) is 4.27. The van der Waals surface area contributed by atoms with E-state index in [9.17, 15) is 0 Å². The molecule has 0 unspecified atom stereocenters. The molecule has 0 atom stereocenters. The van der Waals surface area contributed by atoms with Crippen molar-refractivity contribution in [3.8, 4) is 0 Å². The molecule has 0 aliphatic heterocycles. The first kappa shape index (κ1) is 13.1. The fraction of sp³-hybridized carbons (Fsp3) is 0.0714. The zero-order valence-electron chi connectivity index (χ0n) is 10.1. The second-order valence-electron chi connectivity index (χ2n) is 4.24. The Morgan fingerprint density at radius 2 is 1.95 bits per heavy atom. The summed E-state index contributed by atoms with van der Waals surface area (Å²) in [5.74, 6) is 0. The number of hydrogen-bond acceptors (Lipinski definition) is 3. The van der Waals surface area contributed by atoms with Crippen molar-refractivity contribution in [2.24, 2.45) is 0 Å². The van der Waals surface area contributed by atoms with Gasteiger partial charge in [-0.05, 0) is 58.7 Å². The number of aryl methyl sites for hydroxylation is 1. The molecule has 0 radical (unpaired) electrons. The summed E-state index contributed by atoms with van der Waals surface area (Å²) in [7, 11) is 0. The molecule has 0 saturated heterocycles. The summed E-state index contributed by atoms with van der Waals surface area (Å²) in [6, 6.07) is 12.4. The molecular weight excluding hydrogens is 388 g/mol. The average molecular weight is 398 g/mol. The van der Waals surface area contributed by atoms with E-state index in [1.807, 2.05) is 18.2 Å². The van der Waals surface area contributed by atoms with Crippen molar-refractivity contribution < 1.29 is 0 Å². The Balaban J connectivity index is 1.98. The molecule has 19 heavy (non-hydrogen) atoms. The lowest BCUT2D eigenvalue weighted by Crippen LogP contribution is -1.91. The molecule has 0 amide bonds. The van der Waals surface area contributed by atoms with Gasteiger partial charge >= 0.3 is 0 Å². The topological polar surface area (TPSA) is 24.9 Å². The lowest BCUT2D eigenvalue weighted by Gasteiger charge is -2.06. The Kier molecular flexibility index (Phi) is 3.60. The Bertz CT molecular complexity index is 752. The van der Waals surface area contributed by atoms with E-state index in [0.717, 1.165) is 25.3 Å². The van der Waals surface area contributed by atoms with Gasteiger partial charge in [-0.3, -0.25) is 0 Å². The highest BCUT2D eigenvalue weighted by atomic mass is 79.9. The predicted molar refractivity (Wildman–Crippen MR) is 89.5 cm³/mol. The zero-order chi connectivity index (χ0) is 13.4. The molecule has 3 aromatic rings. The molecule has 2 nitrogen and oxygen atoms in total. The van der Waals surface area contributed by atoms with Crippen molar-refractivity contribution in [3.05, 3.63) is 50.9 Å². The number of rotatable bonds is 2. The van der Waals surface area contributed by atoms with Gasteiger partial charge in [-0.15, -0.1) is 0 Å². The maximum atomic E-state index is 4.60. The number of hydrogen-bond donors (Lipinski definition) is 1. The van der Waals surface area contributed by atoms with Crippen LogP contribution < -0.4 is 5.32 Å². The molecule has 96 valence electrons. The molecule has 0 saturated carbocycles. The summed E-state index contributed by atoms with van der Waals surface area (Å²) in [5.41, 5.74) is 3.26. The maximum absolute atomic E-state index is 4.60. The van der Waals surface area contributed by atoms with Gasteiger partial charge in [-0.1, -0.05) is 33.3 Å². The van der Waals surface area contributed by atoms with Crippen molar-refractivity contribution >= 4 is 64.2 Å². The van der Waals surface area contributed by atoms with Gasteiger partial charge in [0.15, 0.2) is 5.13 Å². The van der Waals surface area contributed by atoms with Crippen molar-refractivity contribution in [1.82, 2.24) is 4.98 Å². The van der Waals surface area contributed by atoms with E-state index < -0.39 is 0 Å². The monoisotopic (exact) mass is 396 g/mol. The summed E-state index contributed by atoms with van der Waals surface area (Å²) >= 11 is 8.67. The minimum Gasteiger partial charge on any atom is -0.331 e. The van der Waals surface area contributed by atoms with E-state index in [1.165, 1.54) is 10.3 Å². The maximum Gasteiger partial charge on any atom is 0.188 e. The zero-order valence-corrected chi connectivity index (χ0v) is 14.1.